The van der Waals surface area contributed by atoms with Gasteiger partial charge in [0.25, 0.3) is 6.02 Å². The molecule has 1 saturated carbocycles. The van der Waals surface area contributed by atoms with E-state index in [9.17, 15) is 0 Å². The van der Waals surface area contributed by atoms with Gasteiger partial charge in [0, 0.05) is 6.04 Å². The molecule has 3 rings (SSSR count). The van der Waals surface area contributed by atoms with Crippen LogP contribution in [0.2, 0.25) is 0 Å². The molecule has 20 heavy (non-hydrogen) atoms. The Labute approximate surface area is 121 Å². The lowest BCUT2D eigenvalue weighted by Crippen LogP contribution is -2.42. The first kappa shape index (κ1) is 13.2. The van der Waals surface area contributed by atoms with Crippen molar-refractivity contribution < 1.29 is 4.74 Å². The molecule has 1 heterocycles. The van der Waals surface area contributed by atoms with Gasteiger partial charge in [0.1, 0.15) is 6.61 Å². The van der Waals surface area contributed by atoms with Crippen LogP contribution < -0.4 is 0 Å². The second-order valence-corrected chi connectivity index (χ2v) is 5.54. The normalized spacial score (nSPS) is 25.7. The zero-order valence-electron chi connectivity index (χ0n) is 11.9. The lowest BCUT2D eigenvalue weighted by Gasteiger charge is -2.33. The van der Waals surface area contributed by atoms with Gasteiger partial charge in [-0.3, -0.25) is 0 Å². The number of ether oxygens (including phenoxy) is 1. The highest BCUT2D eigenvalue weighted by Gasteiger charge is 2.35. The van der Waals surface area contributed by atoms with Gasteiger partial charge >= 0.3 is 0 Å². The molecule has 1 aliphatic heterocycles. The van der Waals surface area contributed by atoms with Gasteiger partial charge in [0.15, 0.2) is 0 Å². The molecule has 0 aromatic heterocycles. The molecule has 0 radical (unpaired) electrons. The second kappa shape index (κ2) is 6.12. The van der Waals surface area contributed by atoms with Crippen molar-refractivity contribution in [2.24, 2.45) is 4.99 Å². The largest absolute Gasteiger partial charge is 0.462 e. The fourth-order valence-electron chi connectivity index (χ4n) is 3.13. The number of hydrogen-bond donors (Lipinski definition) is 0. The summed E-state index contributed by atoms with van der Waals surface area (Å²) in [6, 6.07) is 11.6. The Morgan fingerprint density at radius 3 is 2.60 bits per heavy atom. The number of benzene rings is 1. The van der Waals surface area contributed by atoms with Crippen molar-refractivity contribution >= 4 is 11.7 Å². The molecule has 2 fully saturated rings. The van der Waals surface area contributed by atoms with Crippen LogP contribution in [0.1, 0.15) is 32.1 Å². The third-order valence-corrected chi connectivity index (χ3v) is 4.18. The predicted molar refractivity (Wildman–Crippen MR) is 82.2 cm³/mol. The molecular formula is C17H22N2O. The van der Waals surface area contributed by atoms with Crippen molar-refractivity contribution in [3.63, 3.8) is 0 Å². The number of para-hydroxylation sites is 1. The maximum atomic E-state index is 5.83. The van der Waals surface area contributed by atoms with Gasteiger partial charge in [-0.2, -0.15) is 4.99 Å². The van der Waals surface area contributed by atoms with Crippen molar-refractivity contribution in [2.75, 3.05) is 6.61 Å². The van der Waals surface area contributed by atoms with Crippen molar-refractivity contribution in [3.05, 3.63) is 43.0 Å². The molecule has 106 valence electrons. The molecular weight excluding hydrogens is 248 g/mol. The topological polar surface area (TPSA) is 24.8 Å². The van der Waals surface area contributed by atoms with Crippen LogP contribution >= 0.6 is 0 Å². The highest BCUT2D eigenvalue weighted by Crippen LogP contribution is 2.29. The summed E-state index contributed by atoms with van der Waals surface area (Å²) in [5.41, 5.74) is 0.952. The fraction of sp³-hybridized carbons (Fsp3) is 0.471. The summed E-state index contributed by atoms with van der Waals surface area (Å²) in [6.07, 6.45) is 8.44. The number of rotatable bonds is 3. The Morgan fingerprint density at radius 1 is 1.15 bits per heavy atom. The Kier molecular flexibility index (Phi) is 4.05. The summed E-state index contributed by atoms with van der Waals surface area (Å²) in [6.45, 7) is 4.62. The Balaban J connectivity index is 1.85. The summed E-state index contributed by atoms with van der Waals surface area (Å²) >= 11 is 0. The minimum absolute atomic E-state index is 0.264. The standard InChI is InChI=1S/C17H22N2O/c1-2-15-13-20-17(18-14-9-5-3-6-10-14)19(15)16-11-7-4-8-12-16/h2-3,5-6,9-10,15-16H,1,4,7-8,11-13H2. The maximum absolute atomic E-state index is 5.83. The summed E-state index contributed by atoms with van der Waals surface area (Å²) in [5.74, 6) is 0. The fourth-order valence-corrected chi connectivity index (χ4v) is 3.13. The minimum atomic E-state index is 0.264. The molecule has 1 aromatic rings. The van der Waals surface area contributed by atoms with Crippen LogP contribution in [0.3, 0.4) is 0 Å². The van der Waals surface area contributed by atoms with Crippen LogP contribution in [0, 0.1) is 0 Å². The molecule has 2 aliphatic rings. The van der Waals surface area contributed by atoms with Gasteiger partial charge < -0.3 is 9.64 Å². The Morgan fingerprint density at radius 2 is 1.90 bits per heavy atom. The highest BCUT2D eigenvalue weighted by molar-refractivity contribution is 5.79. The van der Waals surface area contributed by atoms with Crippen LogP contribution in [0.25, 0.3) is 0 Å². The van der Waals surface area contributed by atoms with Crippen LogP contribution in [-0.2, 0) is 4.74 Å². The molecule has 1 unspecified atom stereocenters. The summed E-state index contributed by atoms with van der Waals surface area (Å²) in [4.78, 5) is 7.03. The van der Waals surface area contributed by atoms with Gasteiger partial charge in [-0.15, -0.1) is 6.58 Å². The van der Waals surface area contributed by atoms with E-state index >= 15 is 0 Å². The molecule has 0 amide bonds. The highest BCUT2D eigenvalue weighted by atomic mass is 16.5. The van der Waals surface area contributed by atoms with E-state index in [4.69, 9.17) is 4.74 Å². The van der Waals surface area contributed by atoms with E-state index in [0.29, 0.717) is 12.6 Å². The smallest absolute Gasteiger partial charge is 0.293 e. The first-order chi connectivity index (χ1) is 9.88. The number of amidine groups is 1. The maximum Gasteiger partial charge on any atom is 0.293 e. The van der Waals surface area contributed by atoms with Gasteiger partial charge in [-0.05, 0) is 25.0 Å². The summed E-state index contributed by atoms with van der Waals surface area (Å²) in [7, 11) is 0. The molecule has 3 nitrogen and oxygen atoms in total. The minimum Gasteiger partial charge on any atom is -0.462 e. The van der Waals surface area contributed by atoms with E-state index < -0.39 is 0 Å². The molecule has 1 atom stereocenters. The average Bonchev–Trinajstić information content (AvgIpc) is 2.92. The Bertz CT molecular complexity index is 477. The van der Waals surface area contributed by atoms with Crippen molar-refractivity contribution in [3.8, 4) is 0 Å². The summed E-state index contributed by atoms with van der Waals surface area (Å²) in [5, 5.41) is 0. The monoisotopic (exact) mass is 270 g/mol. The van der Waals surface area contributed by atoms with E-state index in [-0.39, 0.29) is 6.04 Å². The first-order valence-electron chi connectivity index (χ1n) is 7.56. The van der Waals surface area contributed by atoms with Crippen LogP contribution in [0.5, 0.6) is 0 Å². The second-order valence-electron chi connectivity index (χ2n) is 5.54. The third kappa shape index (κ3) is 2.72. The van der Waals surface area contributed by atoms with Gasteiger partial charge in [0.2, 0.25) is 0 Å². The zero-order chi connectivity index (χ0) is 13.8. The molecule has 3 heteroatoms. The lowest BCUT2D eigenvalue weighted by molar-refractivity contribution is 0.233. The van der Waals surface area contributed by atoms with Crippen LogP contribution in [-0.4, -0.2) is 29.6 Å². The van der Waals surface area contributed by atoms with E-state index in [0.717, 1.165) is 11.7 Å². The number of hydrogen-bond acceptors (Lipinski definition) is 2. The third-order valence-electron chi connectivity index (χ3n) is 4.18. The molecule has 0 spiro atoms. The molecule has 0 bridgehead atoms. The van der Waals surface area contributed by atoms with Crippen molar-refractivity contribution in [2.45, 2.75) is 44.2 Å². The van der Waals surface area contributed by atoms with Gasteiger partial charge in [-0.1, -0.05) is 43.5 Å². The molecule has 1 aliphatic carbocycles. The van der Waals surface area contributed by atoms with Crippen LogP contribution in [0.4, 0.5) is 5.69 Å². The quantitative estimate of drug-likeness (QED) is 0.778. The number of aliphatic imine (C=N–C) groups is 1. The van der Waals surface area contributed by atoms with Crippen molar-refractivity contribution in [1.82, 2.24) is 4.90 Å². The van der Waals surface area contributed by atoms with Gasteiger partial charge in [-0.25, -0.2) is 0 Å². The molecule has 1 aromatic carbocycles. The van der Waals surface area contributed by atoms with E-state index in [1.165, 1.54) is 32.1 Å². The first-order valence-corrected chi connectivity index (χ1v) is 7.56. The lowest BCUT2D eigenvalue weighted by atomic mass is 9.93. The van der Waals surface area contributed by atoms with Crippen LogP contribution in [0.15, 0.2) is 48.0 Å². The molecule has 1 saturated heterocycles. The SMILES string of the molecule is C=CC1COC(=Nc2ccccc2)N1C1CCCCC1. The average molecular weight is 270 g/mol. The predicted octanol–water partition coefficient (Wildman–Crippen LogP) is 3.89. The van der Waals surface area contributed by atoms with E-state index in [2.05, 4.69) is 16.5 Å². The zero-order valence-corrected chi connectivity index (χ0v) is 11.9. The van der Waals surface area contributed by atoms with E-state index in [1.807, 2.05) is 36.4 Å². The Hall–Kier alpha value is -1.77. The van der Waals surface area contributed by atoms with Crippen molar-refractivity contribution in [1.29, 1.82) is 0 Å². The van der Waals surface area contributed by atoms with E-state index in [1.54, 1.807) is 0 Å². The number of nitrogens with zero attached hydrogens (tertiary/aromatic N) is 2. The van der Waals surface area contributed by atoms with Gasteiger partial charge in [0.05, 0.1) is 11.7 Å². The summed E-state index contributed by atoms with van der Waals surface area (Å²) < 4.78 is 5.83. The molecule has 0 N–H and O–H groups in total.